The largest absolute Gasteiger partial charge is 0.489 e. The van der Waals surface area contributed by atoms with Gasteiger partial charge >= 0.3 is 0 Å². The van der Waals surface area contributed by atoms with Crippen LogP contribution < -0.4 is 15.4 Å². The molecule has 0 aromatic heterocycles. The van der Waals surface area contributed by atoms with E-state index in [-0.39, 0.29) is 30.1 Å². The summed E-state index contributed by atoms with van der Waals surface area (Å²) < 4.78 is 5.84. The van der Waals surface area contributed by atoms with Crippen LogP contribution in [0.3, 0.4) is 0 Å². The smallest absolute Gasteiger partial charge is 0.191 e. The Labute approximate surface area is 179 Å². The lowest BCUT2D eigenvalue weighted by atomic mass is 10.1. The zero-order chi connectivity index (χ0) is 18.6. The van der Waals surface area contributed by atoms with Crippen molar-refractivity contribution in [2.75, 3.05) is 19.6 Å². The third-order valence-electron chi connectivity index (χ3n) is 3.83. The molecule has 0 spiro atoms. The Hall–Kier alpha value is -1.80. The molecule has 2 aromatic carbocycles. The second kappa shape index (κ2) is 13.4. The predicted octanol–water partition coefficient (Wildman–Crippen LogP) is 3.75. The van der Waals surface area contributed by atoms with Crippen molar-refractivity contribution in [3.63, 3.8) is 0 Å². The molecule has 0 aliphatic rings. The molecule has 0 bridgehead atoms. The molecule has 2 atom stereocenters. The summed E-state index contributed by atoms with van der Waals surface area (Å²) in [6, 6.07) is 19.4. The molecule has 0 fully saturated rings. The maximum atomic E-state index is 10.2. The first-order valence-electron chi connectivity index (χ1n) is 9.16. The number of benzene rings is 2. The standard InChI is InChI=1S/C21H29N3O2.HI/c1-3-22-21(23-15-14-20(25)18-10-6-4-7-11-18)24-16-17(2)26-19-12-8-5-9-13-19;/h4-13,17,20,25H,3,14-16H2,1-2H3,(H2,22,23,24);1H. The number of hydrogen-bond acceptors (Lipinski definition) is 3. The summed E-state index contributed by atoms with van der Waals surface area (Å²) in [6.07, 6.45) is 0.111. The normalized spacial score (nSPS) is 13.2. The Morgan fingerprint density at radius 2 is 1.67 bits per heavy atom. The van der Waals surface area contributed by atoms with Crippen LogP contribution in [-0.2, 0) is 0 Å². The van der Waals surface area contributed by atoms with Crippen LogP contribution in [0.2, 0.25) is 0 Å². The highest BCUT2D eigenvalue weighted by atomic mass is 127. The van der Waals surface area contributed by atoms with Gasteiger partial charge in [0.25, 0.3) is 0 Å². The lowest BCUT2D eigenvalue weighted by Gasteiger charge is -2.16. The molecule has 2 aromatic rings. The second-order valence-electron chi connectivity index (χ2n) is 6.10. The first-order valence-corrected chi connectivity index (χ1v) is 9.16. The monoisotopic (exact) mass is 483 g/mol. The van der Waals surface area contributed by atoms with Gasteiger partial charge in [0.05, 0.1) is 12.6 Å². The van der Waals surface area contributed by atoms with E-state index in [1.165, 1.54) is 0 Å². The molecule has 2 rings (SSSR count). The van der Waals surface area contributed by atoms with Gasteiger partial charge in [0.2, 0.25) is 0 Å². The van der Waals surface area contributed by atoms with Crippen molar-refractivity contribution in [1.82, 2.24) is 10.6 Å². The minimum absolute atomic E-state index is 0. The summed E-state index contributed by atoms with van der Waals surface area (Å²) in [5.41, 5.74) is 0.932. The predicted molar refractivity (Wildman–Crippen MR) is 122 cm³/mol. The Morgan fingerprint density at radius 3 is 2.30 bits per heavy atom. The number of nitrogens with one attached hydrogen (secondary N) is 2. The van der Waals surface area contributed by atoms with Crippen molar-refractivity contribution in [1.29, 1.82) is 0 Å². The van der Waals surface area contributed by atoms with Gasteiger partial charge in [0.15, 0.2) is 5.96 Å². The van der Waals surface area contributed by atoms with Crippen LogP contribution in [0.15, 0.2) is 65.7 Å². The topological polar surface area (TPSA) is 65.9 Å². The number of para-hydroxylation sites is 1. The number of ether oxygens (including phenoxy) is 1. The highest BCUT2D eigenvalue weighted by Crippen LogP contribution is 2.14. The average molecular weight is 483 g/mol. The van der Waals surface area contributed by atoms with Gasteiger partial charge in [-0.15, -0.1) is 24.0 Å². The summed E-state index contributed by atoms with van der Waals surface area (Å²) in [6.45, 7) is 5.99. The molecule has 27 heavy (non-hydrogen) atoms. The Morgan fingerprint density at radius 1 is 1.04 bits per heavy atom. The second-order valence-corrected chi connectivity index (χ2v) is 6.10. The minimum Gasteiger partial charge on any atom is -0.489 e. The number of aliphatic hydroxyl groups is 1. The fraction of sp³-hybridized carbons (Fsp3) is 0.381. The van der Waals surface area contributed by atoms with Gasteiger partial charge in [-0.3, -0.25) is 0 Å². The van der Waals surface area contributed by atoms with Crippen LogP contribution in [0.4, 0.5) is 0 Å². The summed E-state index contributed by atoms with van der Waals surface area (Å²) in [4.78, 5) is 4.57. The third-order valence-corrected chi connectivity index (χ3v) is 3.83. The van der Waals surface area contributed by atoms with Crippen LogP contribution in [0.1, 0.15) is 31.9 Å². The van der Waals surface area contributed by atoms with E-state index in [1.54, 1.807) is 0 Å². The first kappa shape index (κ1) is 23.2. The lowest BCUT2D eigenvalue weighted by molar-refractivity contribution is 0.168. The Kier molecular flexibility index (Phi) is 11.5. The number of nitrogens with zero attached hydrogens (tertiary/aromatic N) is 1. The third kappa shape index (κ3) is 9.10. The average Bonchev–Trinajstić information content (AvgIpc) is 2.67. The molecule has 0 aliphatic carbocycles. The zero-order valence-electron chi connectivity index (χ0n) is 16.0. The molecule has 3 N–H and O–H groups in total. The highest BCUT2D eigenvalue weighted by Gasteiger charge is 2.08. The van der Waals surface area contributed by atoms with Crippen molar-refractivity contribution >= 4 is 29.9 Å². The Bertz CT molecular complexity index is 653. The van der Waals surface area contributed by atoms with E-state index in [9.17, 15) is 5.11 Å². The van der Waals surface area contributed by atoms with Gasteiger partial charge in [-0.25, -0.2) is 4.99 Å². The van der Waals surface area contributed by atoms with Crippen LogP contribution in [0, 0.1) is 0 Å². The number of rotatable bonds is 9. The van der Waals surface area contributed by atoms with E-state index in [2.05, 4.69) is 15.6 Å². The van der Waals surface area contributed by atoms with Crippen LogP contribution >= 0.6 is 24.0 Å². The fourth-order valence-corrected chi connectivity index (χ4v) is 2.50. The van der Waals surface area contributed by atoms with E-state index >= 15 is 0 Å². The van der Waals surface area contributed by atoms with Crippen molar-refractivity contribution in [2.45, 2.75) is 32.5 Å². The van der Waals surface area contributed by atoms with Gasteiger partial charge in [0, 0.05) is 13.1 Å². The van der Waals surface area contributed by atoms with Gasteiger partial charge in [-0.1, -0.05) is 48.5 Å². The van der Waals surface area contributed by atoms with E-state index < -0.39 is 6.10 Å². The van der Waals surface area contributed by atoms with Crippen LogP contribution in [0.25, 0.3) is 0 Å². The van der Waals surface area contributed by atoms with Crippen LogP contribution in [0.5, 0.6) is 5.75 Å². The van der Waals surface area contributed by atoms with Crippen molar-refractivity contribution in [3.8, 4) is 5.75 Å². The van der Waals surface area contributed by atoms with Crippen molar-refractivity contribution in [3.05, 3.63) is 66.2 Å². The number of aliphatic hydroxyl groups excluding tert-OH is 1. The SMILES string of the molecule is CCNC(=NCC(C)Oc1ccccc1)NCCC(O)c1ccccc1.I. The quantitative estimate of drug-likeness (QED) is 0.289. The zero-order valence-corrected chi connectivity index (χ0v) is 18.3. The molecular weight excluding hydrogens is 453 g/mol. The summed E-state index contributed by atoms with van der Waals surface area (Å²) >= 11 is 0. The van der Waals surface area contributed by atoms with E-state index in [1.807, 2.05) is 74.5 Å². The molecule has 0 saturated heterocycles. The highest BCUT2D eigenvalue weighted by molar-refractivity contribution is 14.0. The molecule has 0 heterocycles. The van der Waals surface area contributed by atoms with Gasteiger partial charge in [-0.2, -0.15) is 0 Å². The summed E-state index contributed by atoms with van der Waals surface area (Å²) in [5.74, 6) is 1.58. The molecule has 0 aliphatic heterocycles. The van der Waals surface area contributed by atoms with Gasteiger partial charge < -0.3 is 20.5 Å². The number of hydrogen-bond donors (Lipinski definition) is 3. The molecule has 2 unspecified atom stereocenters. The summed E-state index contributed by atoms with van der Waals surface area (Å²) in [7, 11) is 0. The molecule has 0 radical (unpaired) electrons. The molecule has 0 saturated carbocycles. The van der Waals surface area contributed by atoms with Crippen molar-refractivity contribution < 1.29 is 9.84 Å². The molecule has 5 nitrogen and oxygen atoms in total. The summed E-state index contributed by atoms with van der Waals surface area (Å²) in [5, 5.41) is 16.7. The lowest BCUT2D eigenvalue weighted by Crippen LogP contribution is -2.39. The number of guanidine groups is 1. The maximum Gasteiger partial charge on any atom is 0.191 e. The molecular formula is C21H30IN3O2. The maximum absolute atomic E-state index is 10.2. The van der Waals surface area contributed by atoms with Crippen molar-refractivity contribution in [2.24, 2.45) is 4.99 Å². The first-order chi connectivity index (χ1) is 12.7. The fourth-order valence-electron chi connectivity index (χ4n) is 2.50. The molecule has 6 heteroatoms. The van der Waals surface area contributed by atoms with Crippen LogP contribution in [-0.4, -0.2) is 36.8 Å². The minimum atomic E-state index is -0.480. The van der Waals surface area contributed by atoms with Gasteiger partial charge in [-0.05, 0) is 38.0 Å². The van der Waals surface area contributed by atoms with Gasteiger partial charge in [0.1, 0.15) is 11.9 Å². The number of aliphatic imine (C=N–C) groups is 1. The number of halogens is 1. The van der Waals surface area contributed by atoms with E-state index in [0.717, 1.165) is 23.8 Å². The molecule has 148 valence electrons. The molecule has 0 amide bonds. The Balaban J connectivity index is 0.00000364. The van der Waals surface area contributed by atoms with E-state index in [0.29, 0.717) is 19.5 Å². The van der Waals surface area contributed by atoms with E-state index in [4.69, 9.17) is 4.74 Å².